The number of esters is 4. The highest BCUT2D eigenvalue weighted by Crippen LogP contribution is 2.18. The molecule has 0 fully saturated rings. The quantitative estimate of drug-likeness (QED) is 0.310. The van der Waals surface area contributed by atoms with Crippen molar-refractivity contribution in [3.63, 3.8) is 0 Å². The molecule has 0 aromatic carbocycles. The highest BCUT2D eigenvalue weighted by Gasteiger charge is 2.43. The monoisotopic (exact) mass is 348 g/mol. The zero-order valence-corrected chi connectivity index (χ0v) is 13.7. The summed E-state index contributed by atoms with van der Waals surface area (Å²) in [4.78, 5) is 56.0. The normalized spacial score (nSPS) is 15.2. The molecule has 136 valence electrons. The molecular weight excluding hydrogens is 328 g/mol. The van der Waals surface area contributed by atoms with E-state index in [1.165, 1.54) is 0 Å². The van der Waals surface area contributed by atoms with Crippen LogP contribution in [-0.2, 0) is 42.9 Å². The topological polar surface area (TPSA) is 142 Å². The van der Waals surface area contributed by atoms with E-state index in [1.807, 2.05) is 0 Å². The zero-order chi connectivity index (χ0) is 18.9. The summed E-state index contributed by atoms with van der Waals surface area (Å²) >= 11 is 0. The summed E-state index contributed by atoms with van der Waals surface area (Å²) in [6.45, 7) is 3.27. The molecule has 0 bridgehead atoms. The van der Waals surface area contributed by atoms with Crippen molar-refractivity contribution in [1.29, 1.82) is 0 Å². The van der Waals surface area contributed by atoms with E-state index >= 15 is 0 Å². The van der Waals surface area contributed by atoms with E-state index in [-0.39, 0.29) is 6.29 Å². The first kappa shape index (κ1) is 21.5. The zero-order valence-electron chi connectivity index (χ0n) is 13.7. The van der Waals surface area contributed by atoms with Crippen molar-refractivity contribution < 1.29 is 48.0 Å². The Bertz CT molecular complexity index is 486. The van der Waals surface area contributed by atoms with Crippen molar-refractivity contribution in [3.8, 4) is 0 Å². The van der Waals surface area contributed by atoms with Gasteiger partial charge in [0.05, 0.1) is 6.61 Å². The van der Waals surface area contributed by atoms with Gasteiger partial charge in [0.15, 0.2) is 30.7 Å². The maximum Gasteiger partial charge on any atom is 0.303 e. The minimum absolute atomic E-state index is 0.160. The van der Waals surface area contributed by atoms with Gasteiger partial charge in [-0.15, -0.1) is 0 Å². The molecule has 10 nitrogen and oxygen atoms in total. The Balaban J connectivity index is 5.79. The number of aliphatic hydroxyl groups excluding tert-OH is 1. The minimum atomic E-state index is -1.64. The molecule has 0 saturated heterocycles. The Morgan fingerprint density at radius 1 is 0.792 bits per heavy atom. The third kappa shape index (κ3) is 7.68. The number of rotatable bonds is 9. The van der Waals surface area contributed by atoms with Gasteiger partial charge >= 0.3 is 23.9 Å². The summed E-state index contributed by atoms with van der Waals surface area (Å²) in [6.07, 6.45) is -6.12. The van der Waals surface area contributed by atoms with E-state index in [0.717, 1.165) is 27.7 Å². The Morgan fingerprint density at radius 3 is 1.54 bits per heavy atom. The molecule has 0 amide bonds. The minimum Gasteiger partial charge on any atom is -0.456 e. The van der Waals surface area contributed by atoms with Crippen LogP contribution in [0.2, 0.25) is 0 Å². The lowest BCUT2D eigenvalue weighted by atomic mass is 10.0. The summed E-state index contributed by atoms with van der Waals surface area (Å²) in [6, 6.07) is 0. The lowest BCUT2D eigenvalue weighted by Gasteiger charge is -2.33. The average molecular weight is 348 g/mol. The molecule has 4 atom stereocenters. The summed E-state index contributed by atoms with van der Waals surface area (Å²) in [5.74, 6) is -3.42. The van der Waals surface area contributed by atoms with Gasteiger partial charge in [-0.25, -0.2) is 0 Å². The van der Waals surface area contributed by atoms with Gasteiger partial charge in [-0.2, -0.15) is 0 Å². The van der Waals surface area contributed by atoms with Gasteiger partial charge in [0.25, 0.3) is 0 Å². The van der Waals surface area contributed by atoms with Crippen LogP contribution in [0.4, 0.5) is 0 Å². The summed E-state index contributed by atoms with van der Waals surface area (Å²) < 4.78 is 19.4. The van der Waals surface area contributed by atoms with Crippen molar-refractivity contribution in [2.24, 2.45) is 0 Å². The van der Waals surface area contributed by atoms with Gasteiger partial charge in [-0.1, -0.05) is 0 Å². The molecule has 0 radical (unpaired) electrons. The molecule has 0 spiro atoms. The molecule has 1 N–H and O–H groups in total. The van der Waals surface area contributed by atoms with Crippen molar-refractivity contribution in [2.45, 2.75) is 52.1 Å². The van der Waals surface area contributed by atoms with Gasteiger partial charge in [0.1, 0.15) is 0 Å². The second-order valence-electron chi connectivity index (χ2n) is 4.69. The van der Waals surface area contributed by atoms with E-state index in [9.17, 15) is 29.1 Å². The third-order valence-electron chi connectivity index (χ3n) is 2.55. The van der Waals surface area contributed by atoms with E-state index in [2.05, 4.69) is 0 Å². The lowest BCUT2D eigenvalue weighted by Crippen LogP contribution is -2.53. The summed E-state index contributed by atoms with van der Waals surface area (Å²) in [5, 5.41) is 9.37. The van der Waals surface area contributed by atoms with Crippen LogP contribution in [0.1, 0.15) is 27.7 Å². The second-order valence-corrected chi connectivity index (χ2v) is 4.69. The van der Waals surface area contributed by atoms with Crippen LogP contribution in [0.5, 0.6) is 0 Å². The molecular formula is C14H20O10. The van der Waals surface area contributed by atoms with E-state index in [1.54, 1.807) is 0 Å². The molecule has 0 saturated carbocycles. The van der Waals surface area contributed by atoms with Crippen molar-refractivity contribution in [3.05, 3.63) is 0 Å². The Morgan fingerprint density at radius 2 is 1.21 bits per heavy atom. The third-order valence-corrected chi connectivity index (χ3v) is 2.55. The van der Waals surface area contributed by atoms with Crippen LogP contribution < -0.4 is 0 Å². The van der Waals surface area contributed by atoms with Gasteiger partial charge < -0.3 is 24.1 Å². The van der Waals surface area contributed by atoms with Crippen molar-refractivity contribution >= 4 is 30.2 Å². The van der Waals surface area contributed by atoms with Crippen LogP contribution in [0.15, 0.2) is 0 Å². The molecule has 0 heterocycles. The summed E-state index contributed by atoms with van der Waals surface area (Å²) in [5.41, 5.74) is 0. The maximum atomic E-state index is 11.3. The van der Waals surface area contributed by atoms with Crippen LogP contribution in [0.3, 0.4) is 0 Å². The number of carbonyl (C=O) groups excluding carboxylic acids is 5. The molecule has 10 heteroatoms. The maximum absolute atomic E-state index is 11.3. The van der Waals surface area contributed by atoms with Crippen LogP contribution >= 0.6 is 0 Å². The average Bonchev–Trinajstić information content (AvgIpc) is 2.45. The number of hydrogen-bond acceptors (Lipinski definition) is 10. The predicted octanol–water partition coefficient (Wildman–Crippen LogP) is -1.10. The second kappa shape index (κ2) is 10.3. The first-order valence-electron chi connectivity index (χ1n) is 6.87. The molecule has 0 aromatic rings. The largest absolute Gasteiger partial charge is 0.456 e. The van der Waals surface area contributed by atoms with Crippen LogP contribution in [0.25, 0.3) is 0 Å². The molecule has 0 unspecified atom stereocenters. The van der Waals surface area contributed by atoms with Crippen molar-refractivity contribution in [2.75, 3.05) is 6.61 Å². The fourth-order valence-electron chi connectivity index (χ4n) is 1.84. The fraction of sp³-hybridized carbons (Fsp3) is 0.643. The molecule has 24 heavy (non-hydrogen) atoms. The van der Waals surface area contributed by atoms with Gasteiger partial charge in [0.2, 0.25) is 0 Å². The Labute approximate surface area is 138 Å². The Hall–Kier alpha value is -2.49. The molecule has 0 aliphatic carbocycles. The molecule has 0 aliphatic heterocycles. The number of ether oxygens (including phenoxy) is 4. The summed E-state index contributed by atoms with van der Waals surface area (Å²) in [7, 11) is 0. The number of aldehydes is 1. The first-order chi connectivity index (χ1) is 11.1. The fourth-order valence-corrected chi connectivity index (χ4v) is 1.84. The highest BCUT2D eigenvalue weighted by atomic mass is 16.6. The molecule has 0 aliphatic rings. The SMILES string of the molecule is CC(=O)O[C@H]([C@H](OC(C)=O)[C@H](C=O)OC(C)=O)[C@H](CO)OC(C)=O. The predicted molar refractivity (Wildman–Crippen MR) is 75.4 cm³/mol. The number of hydrogen-bond donors (Lipinski definition) is 1. The number of carbonyl (C=O) groups is 5. The highest BCUT2D eigenvalue weighted by molar-refractivity contribution is 5.72. The molecule has 0 rings (SSSR count). The smallest absolute Gasteiger partial charge is 0.303 e. The van der Waals surface area contributed by atoms with E-state index < -0.39 is 54.9 Å². The van der Waals surface area contributed by atoms with Gasteiger partial charge in [-0.05, 0) is 0 Å². The Kier molecular flexibility index (Phi) is 9.25. The van der Waals surface area contributed by atoms with Gasteiger partial charge in [-0.3, -0.25) is 24.0 Å². The van der Waals surface area contributed by atoms with Crippen LogP contribution in [-0.4, -0.2) is 66.3 Å². The lowest BCUT2D eigenvalue weighted by molar-refractivity contribution is -0.199. The van der Waals surface area contributed by atoms with Gasteiger partial charge in [0, 0.05) is 27.7 Å². The first-order valence-corrected chi connectivity index (χ1v) is 6.87. The van der Waals surface area contributed by atoms with Crippen LogP contribution in [0, 0.1) is 0 Å². The number of aliphatic hydroxyl groups is 1. The van der Waals surface area contributed by atoms with E-state index in [4.69, 9.17) is 18.9 Å². The molecule has 0 aromatic heterocycles. The standard InChI is InChI=1S/C14H20O10/c1-7(17)21-11(5-15)13(23-9(3)19)14(24-10(4)20)12(6-16)22-8(2)18/h5,11-14,16H,6H2,1-4H3/t11-,12-,13+,14-/m0/s1. The van der Waals surface area contributed by atoms with Crippen molar-refractivity contribution in [1.82, 2.24) is 0 Å². The van der Waals surface area contributed by atoms with E-state index in [0.29, 0.717) is 0 Å².